The van der Waals surface area contributed by atoms with Gasteiger partial charge in [0, 0.05) is 13.1 Å². The Labute approximate surface area is 56.6 Å². The molecular weight excluding hydrogens is 114 g/mol. The van der Waals surface area contributed by atoms with Crippen LogP contribution >= 0.6 is 0 Å². The van der Waals surface area contributed by atoms with Crippen LogP contribution in [0, 0.1) is 5.92 Å². The van der Waals surface area contributed by atoms with Gasteiger partial charge < -0.3 is 10.1 Å². The number of rotatable bonds is 0. The van der Waals surface area contributed by atoms with Gasteiger partial charge in [0.05, 0.1) is 12.7 Å². The molecule has 2 heteroatoms. The van der Waals surface area contributed by atoms with Gasteiger partial charge in [-0.05, 0) is 12.8 Å². The van der Waals surface area contributed by atoms with E-state index in [9.17, 15) is 0 Å². The van der Waals surface area contributed by atoms with Gasteiger partial charge in [0.25, 0.3) is 0 Å². The van der Waals surface area contributed by atoms with E-state index in [1.54, 1.807) is 0 Å². The molecule has 1 fully saturated rings. The third-order valence-electron chi connectivity index (χ3n) is 1.93. The lowest BCUT2D eigenvalue weighted by atomic mass is 10.1. The van der Waals surface area contributed by atoms with Crippen LogP contribution in [0.4, 0.5) is 0 Å². The van der Waals surface area contributed by atoms with Crippen molar-refractivity contribution in [3.63, 3.8) is 0 Å². The van der Waals surface area contributed by atoms with Gasteiger partial charge in [-0.25, -0.2) is 0 Å². The Kier molecular flexibility index (Phi) is 2.49. The normalized spacial score (nSPS) is 38.0. The Morgan fingerprint density at radius 3 is 3.00 bits per heavy atom. The molecule has 0 aromatic carbocycles. The van der Waals surface area contributed by atoms with Crippen LogP contribution in [-0.2, 0) is 4.74 Å². The zero-order valence-corrected chi connectivity index (χ0v) is 6.18. The van der Waals surface area contributed by atoms with E-state index in [1.807, 2.05) is 0 Å². The number of hydrogen-bond donors (Lipinski definition) is 1. The quantitative estimate of drug-likeness (QED) is 0.518. The minimum absolute atomic E-state index is 0.431. The molecule has 0 bridgehead atoms. The highest BCUT2D eigenvalue weighted by molar-refractivity contribution is 4.67. The highest BCUT2D eigenvalue weighted by atomic mass is 16.5. The van der Waals surface area contributed by atoms with Gasteiger partial charge in [-0.1, -0.05) is 6.92 Å². The van der Waals surface area contributed by atoms with Crippen LogP contribution in [0.5, 0.6) is 0 Å². The molecule has 1 aliphatic rings. The third-order valence-corrected chi connectivity index (χ3v) is 1.93. The van der Waals surface area contributed by atoms with E-state index >= 15 is 0 Å². The van der Waals surface area contributed by atoms with Crippen molar-refractivity contribution < 1.29 is 4.74 Å². The van der Waals surface area contributed by atoms with Crippen molar-refractivity contribution in [3.8, 4) is 0 Å². The summed E-state index contributed by atoms with van der Waals surface area (Å²) in [5, 5.41) is 3.30. The molecule has 9 heavy (non-hydrogen) atoms. The maximum atomic E-state index is 5.45. The Bertz CT molecular complexity index is 75.0. The molecule has 1 heterocycles. The summed E-state index contributed by atoms with van der Waals surface area (Å²) in [5.74, 6) is 0.660. The Morgan fingerprint density at radius 1 is 1.44 bits per heavy atom. The monoisotopic (exact) mass is 129 g/mol. The number of nitrogens with one attached hydrogen (secondary N) is 1. The van der Waals surface area contributed by atoms with Gasteiger partial charge in [-0.2, -0.15) is 0 Å². The summed E-state index contributed by atoms with van der Waals surface area (Å²) in [4.78, 5) is 0. The molecule has 1 aliphatic heterocycles. The van der Waals surface area contributed by atoms with Gasteiger partial charge in [-0.15, -0.1) is 0 Å². The summed E-state index contributed by atoms with van der Waals surface area (Å²) in [6.07, 6.45) is 0.431. The predicted molar refractivity (Wildman–Crippen MR) is 37.4 cm³/mol. The van der Waals surface area contributed by atoms with Crippen LogP contribution in [0.1, 0.15) is 13.8 Å². The Morgan fingerprint density at radius 2 is 2.22 bits per heavy atom. The average Bonchev–Trinajstić information content (AvgIpc) is 1.99. The lowest BCUT2D eigenvalue weighted by Gasteiger charge is -2.14. The van der Waals surface area contributed by atoms with E-state index in [1.165, 1.54) is 0 Å². The second-order valence-corrected chi connectivity index (χ2v) is 2.76. The predicted octanol–water partition coefficient (Wildman–Crippen LogP) is 0.631. The van der Waals surface area contributed by atoms with Crippen molar-refractivity contribution in [2.45, 2.75) is 20.0 Å². The molecule has 0 aromatic heterocycles. The highest BCUT2D eigenvalue weighted by Gasteiger charge is 2.14. The molecule has 2 unspecified atom stereocenters. The molecule has 0 amide bonds. The summed E-state index contributed by atoms with van der Waals surface area (Å²) < 4.78 is 5.45. The fourth-order valence-corrected chi connectivity index (χ4v) is 0.977. The average molecular weight is 129 g/mol. The first-order chi connectivity index (χ1) is 4.30. The van der Waals surface area contributed by atoms with Crippen molar-refractivity contribution >= 4 is 0 Å². The van der Waals surface area contributed by atoms with Gasteiger partial charge >= 0.3 is 0 Å². The molecule has 2 nitrogen and oxygen atoms in total. The Hall–Kier alpha value is -0.0800. The van der Waals surface area contributed by atoms with Gasteiger partial charge in [-0.3, -0.25) is 0 Å². The second-order valence-electron chi connectivity index (χ2n) is 2.76. The number of ether oxygens (including phenoxy) is 1. The van der Waals surface area contributed by atoms with Crippen LogP contribution in [0.25, 0.3) is 0 Å². The van der Waals surface area contributed by atoms with E-state index in [0.29, 0.717) is 12.0 Å². The zero-order chi connectivity index (χ0) is 6.69. The van der Waals surface area contributed by atoms with E-state index < -0.39 is 0 Å². The van der Waals surface area contributed by atoms with E-state index in [0.717, 1.165) is 19.7 Å². The summed E-state index contributed by atoms with van der Waals surface area (Å²) in [6.45, 7) is 7.32. The molecule has 1 rings (SSSR count). The fourth-order valence-electron chi connectivity index (χ4n) is 0.977. The van der Waals surface area contributed by atoms with Crippen LogP contribution < -0.4 is 5.32 Å². The maximum Gasteiger partial charge on any atom is 0.0594 e. The first kappa shape index (κ1) is 7.03. The summed E-state index contributed by atoms with van der Waals surface area (Å²) in [5.41, 5.74) is 0. The first-order valence-corrected chi connectivity index (χ1v) is 3.63. The molecule has 0 spiro atoms. The highest BCUT2D eigenvalue weighted by Crippen LogP contribution is 2.06. The smallest absolute Gasteiger partial charge is 0.0594 e. The van der Waals surface area contributed by atoms with Crippen LogP contribution in [0.3, 0.4) is 0 Å². The molecule has 0 aromatic rings. The topological polar surface area (TPSA) is 21.3 Å². The van der Waals surface area contributed by atoms with Crippen molar-refractivity contribution in [1.82, 2.24) is 5.32 Å². The lowest BCUT2D eigenvalue weighted by molar-refractivity contribution is 0.0510. The molecule has 0 aliphatic carbocycles. The lowest BCUT2D eigenvalue weighted by Crippen LogP contribution is -2.23. The standard InChI is InChI=1S/C7H15NO/c1-6-5-8-3-4-9-7(6)2/h6-8H,3-5H2,1-2H3. The molecule has 0 radical (unpaired) electrons. The second kappa shape index (κ2) is 3.18. The zero-order valence-electron chi connectivity index (χ0n) is 6.18. The van der Waals surface area contributed by atoms with Crippen molar-refractivity contribution in [2.75, 3.05) is 19.7 Å². The van der Waals surface area contributed by atoms with Gasteiger partial charge in [0.1, 0.15) is 0 Å². The molecule has 1 N–H and O–H groups in total. The fraction of sp³-hybridized carbons (Fsp3) is 1.00. The van der Waals surface area contributed by atoms with E-state index in [4.69, 9.17) is 4.74 Å². The van der Waals surface area contributed by atoms with Gasteiger partial charge in [0.2, 0.25) is 0 Å². The van der Waals surface area contributed by atoms with Crippen molar-refractivity contribution in [1.29, 1.82) is 0 Å². The van der Waals surface area contributed by atoms with E-state index in [-0.39, 0.29) is 0 Å². The summed E-state index contributed by atoms with van der Waals surface area (Å²) >= 11 is 0. The first-order valence-electron chi connectivity index (χ1n) is 3.63. The summed E-state index contributed by atoms with van der Waals surface area (Å²) in [7, 11) is 0. The van der Waals surface area contributed by atoms with Gasteiger partial charge in [0.15, 0.2) is 0 Å². The number of hydrogen-bond acceptors (Lipinski definition) is 2. The third kappa shape index (κ3) is 1.95. The molecule has 2 atom stereocenters. The van der Waals surface area contributed by atoms with Crippen LogP contribution in [-0.4, -0.2) is 25.8 Å². The molecular formula is C7H15NO. The van der Waals surface area contributed by atoms with E-state index in [2.05, 4.69) is 19.2 Å². The van der Waals surface area contributed by atoms with Crippen molar-refractivity contribution in [3.05, 3.63) is 0 Å². The minimum atomic E-state index is 0.431. The molecule has 54 valence electrons. The Balaban J connectivity index is 2.32. The molecule has 1 saturated heterocycles. The summed E-state index contributed by atoms with van der Waals surface area (Å²) in [6, 6.07) is 0. The van der Waals surface area contributed by atoms with Crippen molar-refractivity contribution in [2.24, 2.45) is 5.92 Å². The van der Waals surface area contributed by atoms with Crippen LogP contribution in [0.2, 0.25) is 0 Å². The van der Waals surface area contributed by atoms with Crippen LogP contribution in [0.15, 0.2) is 0 Å². The SMILES string of the molecule is CC1CNCCOC1C. The molecule has 0 saturated carbocycles. The largest absolute Gasteiger partial charge is 0.377 e. The minimum Gasteiger partial charge on any atom is -0.377 e. The maximum absolute atomic E-state index is 5.45.